The first-order chi connectivity index (χ1) is 10.1. The van der Waals surface area contributed by atoms with Crippen molar-refractivity contribution in [2.24, 2.45) is 10.7 Å². The number of benzene rings is 1. The lowest BCUT2D eigenvalue weighted by Gasteiger charge is -2.17. The summed E-state index contributed by atoms with van der Waals surface area (Å²) in [6, 6.07) is 6.61. The van der Waals surface area contributed by atoms with Crippen LogP contribution in [-0.4, -0.2) is 18.1 Å². The van der Waals surface area contributed by atoms with Gasteiger partial charge < -0.3 is 5.73 Å². The highest BCUT2D eigenvalue weighted by Gasteiger charge is 2.27. The quantitative estimate of drug-likeness (QED) is 0.649. The van der Waals surface area contributed by atoms with Crippen molar-refractivity contribution in [1.29, 1.82) is 0 Å². The van der Waals surface area contributed by atoms with Gasteiger partial charge in [0, 0.05) is 12.6 Å². The molecule has 1 aliphatic heterocycles. The number of nitrogens with zero attached hydrogens (tertiary/aromatic N) is 1. The molecule has 0 saturated carbocycles. The van der Waals surface area contributed by atoms with Crippen LogP contribution in [0.15, 0.2) is 40.5 Å². The number of hydrogen-bond acceptors (Lipinski definition) is 4. The van der Waals surface area contributed by atoms with Gasteiger partial charge in [-0.25, -0.2) is 4.72 Å². The molecule has 0 amide bonds. The average molecular weight is 299 g/mol. The lowest BCUT2D eigenvalue weighted by atomic mass is 10.0. The maximum absolute atomic E-state index is 6.23. The number of hydrogen-bond donors (Lipinski definition) is 2. The van der Waals surface area contributed by atoms with Crippen LogP contribution in [0.1, 0.15) is 30.0 Å². The van der Waals surface area contributed by atoms with Crippen molar-refractivity contribution in [3.63, 3.8) is 0 Å². The van der Waals surface area contributed by atoms with E-state index in [0.717, 1.165) is 18.5 Å². The molecule has 1 heterocycles. The average Bonchev–Trinajstić information content (AvgIpc) is 3.04. The van der Waals surface area contributed by atoms with Crippen molar-refractivity contribution >= 4 is 24.2 Å². The maximum Gasteiger partial charge on any atom is 0.133 e. The number of nitrogens with two attached hydrogens (primary N) is 1. The predicted octanol–water partition coefficient (Wildman–Crippen LogP) is 3.07. The summed E-state index contributed by atoms with van der Waals surface area (Å²) in [5.41, 5.74) is 12.1. The monoisotopic (exact) mass is 299 g/mol. The zero-order chi connectivity index (χ0) is 14.9. The predicted molar refractivity (Wildman–Crippen MR) is 92.3 cm³/mol. The van der Waals surface area contributed by atoms with Gasteiger partial charge in [-0.15, -0.1) is 0 Å². The van der Waals surface area contributed by atoms with E-state index in [4.69, 9.17) is 5.73 Å². The second kappa shape index (κ2) is 5.79. The summed E-state index contributed by atoms with van der Waals surface area (Å²) in [4.78, 5) is 4.52. The van der Waals surface area contributed by atoms with Crippen LogP contribution in [0.3, 0.4) is 0 Å². The van der Waals surface area contributed by atoms with Gasteiger partial charge in [-0.1, -0.05) is 43.5 Å². The Kier molecular flexibility index (Phi) is 4.02. The van der Waals surface area contributed by atoms with Crippen molar-refractivity contribution in [3.05, 3.63) is 52.2 Å². The first kappa shape index (κ1) is 14.6. The fourth-order valence-corrected chi connectivity index (χ4v) is 3.44. The molecule has 3 nitrogen and oxygen atoms in total. The number of aliphatic imine (C=N–C) groups is 1. The number of rotatable bonds is 5. The Bertz CT molecular complexity index is 645. The van der Waals surface area contributed by atoms with E-state index < -0.39 is 5.66 Å². The highest BCUT2D eigenvalue weighted by Crippen LogP contribution is 2.34. The Morgan fingerprint density at radius 2 is 2.29 bits per heavy atom. The van der Waals surface area contributed by atoms with E-state index in [1.165, 1.54) is 40.6 Å². The van der Waals surface area contributed by atoms with Crippen molar-refractivity contribution in [2.75, 3.05) is 6.26 Å². The van der Waals surface area contributed by atoms with Gasteiger partial charge in [0.1, 0.15) is 5.66 Å². The molecule has 1 atom stereocenters. The van der Waals surface area contributed by atoms with E-state index in [-0.39, 0.29) is 0 Å². The maximum atomic E-state index is 6.23. The van der Waals surface area contributed by atoms with Crippen LogP contribution in [0, 0.1) is 0 Å². The van der Waals surface area contributed by atoms with Gasteiger partial charge in [-0.3, -0.25) is 4.99 Å². The minimum absolute atomic E-state index is 0.628. The molecule has 1 unspecified atom stereocenters. The minimum Gasteiger partial charge on any atom is -0.305 e. The molecule has 21 heavy (non-hydrogen) atoms. The summed E-state index contributed by atoms with van der Waals surface area (Å²) in [7, 11) is 0. The molecule has 4 heteroatoms. The van der Waals surface area contributed by atoms with E-state index in [9.17, 15) is 0 Å². The van der Waals surface area contributed by atoms with Crippen molar-refractivity contribution in [1.82, 2.24) is 4.72 Å². The number of fused-ring (bicyclic) bond motifs is 1. The van der Waals surface area contributed by atoms with Gasteiger partial charge in [0.2, 0.25) is 0 Å². The SMILES string of the molecule is CCCc1cccc2c1C=C(C1=CC(N)(NSC)C=N1)C2. The molecule has 110 valence electrons. The molecular formula is C17H21N3S. The Labute approximate surface area is 130 Å². The smallest absolute Gasteiger partial charge is 0.133 e. The van der Waals surface area contributed by atoms with Crippen LogP contribution in [0.25, 0.3) is 6.08 Å². The molecular weight excluding hydrogens is 278 g/mol. The van der Waals surface area contributed by atoms with E-state index in [1.54, 1.807) is 6.21 Å². The zero-order valence-corrected chi connectivity index (χ0v) is 13.3. The Hall–Kier alpha value is -1.36. The summed E-state index contributed by atoms with van der Waals surface area (Å²) >= 11 is 1.51. The molecule has 3 N–H and O–H groups in total. The summed E-state index contributed by atoms with van der Waals surface area (Å²) in [6.45, 7) is 2.22. The topological polar surface area (TPSA) is 50.4 Å². The highest BCUT2D eigenvalue weighted by atomic mass is 32.2. The summed E-state index contributed by atoms with van der Waals surface area (Å²) in [5, 5.41) is 0. The Balaban J connectivity index is 1.89. The van der Waals surface area contributed by atoms with Gasteiger partial charge in [0.15, 0.2) is 0 Å². The fraction of sp³-hybridized carbons (Fsp3) is 0.353. The molecule has 0 spiro atoms. The minimum atomic E-state index is -0.628. The van der Waals surface area contributed by atoms with E-state index in [2.05, 4.69) is 40.9 Å². The number of aryl methyl sites for hydroxylation is 1. The van der Waals surface area contributed by atoms with Gasteiger partial charge in [-0.2, -0.15) is 0 Å². The summed E-state index contributed by atoms with van der Waals surface area (Å²) < 4.78 is 3.17. The first-order valence-electron chi connectivity index (χ1n) is 7.34. The van der Waals surface area contributed by atoms with E-state index >= 15 is 0 Å². The normalized spacial score (nSPS) is 23.2. The molecule has 0 aromatic heterocycles. The molecule has 1 aliphatic carbocycles. The standard InChI is InChI=1S/C17H21N3S/c1-3-5-12-6-4-7-13-8-14(9-15(12)13)16-10-17(18,11-19-16)20-21-2/h4,6-7,9-11,20H,3,5,8,18H2,1-2H3. The van der Waals surface area contributed by atoms with Crippen molar-refractivity contribution < 1.29 is 0 Å². The number of nitrogens with one attached hydrogen (secondary N) is 1. The third-order valence-corrected chi connectivity index (χ3v) is 4.46. The molecule has 0 bridgehead atoms. The number of allylic oxidation sites excluding steroid dienone is 1. The first-order valence-corrected chi connectivity index (χ1v) is 8.56. The van der Waals surface area contributed by atoms with Crippen LogP contribution in [0.4, 0.5) is 0 Å². The van der Waals surface area contributed by atoms with Crippen LogP contribution in [-0.2, 0) is 12.8 Å². The molecule has 0 fully saturated rings. The molecule has 0 radical (unpaired) electrons. The van der Waals surface area contributed by atoms with Crippen LogP contribution in [0.5, 0.6) is 0 Å². The van der Waals surface area contributed by atoms with E-state index in [0.29, 0.717) is 0 Å². The Morgan fingerprint density at radius 1 is 1.43 bits per heavy atom. The van der Waals surface area contributed by atoms with E-state index in [1.807, 2.05) is 12.3 Å². The van der Waals surface area contributed by atoms with Gasteiger partial charge in [0.25, 0.3) is 0 Å². The Morgan fingerprint density at radius 3 is 3.05 bits per heavy atom. The van der Waals surface area contributed by atoms with Gasteiger partial charge in [0.05, 0.1) is 5.70 Å². The largest absolute Gasteiger partial charge is 0.305 e. The van der Waals surface area contributed by atoms with Crippen LogP contribution in [0.2, 0.25) is 0 Å². The van der Waals surface area contributed by atoms with Crippen LogP contribution < -0.4 is 10.5 Å². The molecule has 2 aliphatic rings. The zero-order valence-electron chi connectivity index (χ0n) is 12.5. The van der Waals surface area contributed by atoms with Crippen molar-refractivity contribution in [2.45, 2.75) is 31.8 Å². The summed E-state index contributed by atoms with van der Waals surface area (Å²) in [6.07, 6.45) is 11.3. The fourth-order valence-electron chi connectivity index (χ4n) is 2.97. The highest BCUT2D eigenvalue weighted by molar-refractivity contribution is 7.96. The lowest BCUT2D eigenvalue weighted by molar-refractivity contribution is 0.707. The molecule has 0 saturated heterocycles. The molecule has 1 aromatic rings. The van der Waals surface area contributed by atoms with Gasteiger partial charge in [-0.05, 0) is 47.1 Å². The summed E-state index contributed by atoms with van der Waals surface area (Å²) in [5.74, 6) is 0. The van der Waals surface area contributed by atoms with Crippen LogP contribution >= 0.6 is 11.9 Å². The molecule has 1 aromatic carbocycles. The lowest BCUT2D eigenvalue weighted by Crippen LogP contribution is -2.48. The second-order valence-corrected chi connectivity index (χ2v) is 6.23. The third-order valence-electron chi connectivity index (χ3n) is 3.91. The third kappa shape index (κ3) is 2.84. The molecule has 3 rings (SSSR count). The second-order valence-electron chi connectivity index (χ2n) is 5.61. The van der Waals surface area contributed by atoms with Gasteiger partial charge >= 0.3 is 0 Å². The van der Waals surface area contributed by atoms with Crippen molar-refractivity contribution in [3.8, 4) is 0 Å².